The van der Waals surface area contributed by atoms with Gasteiger partial charge < -0.3 is 4.74 Å². The van der Waals surface area contributed by atoms with Crippen LogP contribution >= 0.6 is 11.8 Å². The fourth-order valence-corrected chi connectivity index (χ4v) is 3.12. The zero-order valence-corrected chi connectivity index (χ0v) is 10.2. The monoisotopic (exact) mass is 214 g/mol. The van der Waals surface area contributed by atoms with E-state index in [-0.39, 0.29) is 0 Å². The second kappa shape index (κ2) is 7.36. The fourth-order valence-electron chi connectivity index (χ4n) is 1.68. The van der Waals surface area contributed by atoms with Crippen LogP contribution in [0.5, 0.6) is 0 Å². The quantitative estimate of drug-likeness (QED) is 0.640. The van der Waals surface area contributed by atoms with Gasteiger partial charge in [-0.3, -0.25) is 0 Å². The molecule has 14 heavy (non-hydrogen) atoms. The highest BCUT2D eigenvalue weighted by molar-refractivity contribution is 8.00. The lowest BCUT2D eigenvalue weighted by Gasteiger charge is -2.28. The molecule has 0 amide bonds. The Hall–Kier alpha value is 0.0500. The van der Waals surface area contributed by atoms with Gasteiger partial charge in [0.1, 0.15) is 5.44 Å². The Morgan fingerprint density at radius 1 is 1.36 bits per heavy atom. The summed E-state index contributed by atoms with van der Waals surface area (Å²) in [6, 6.07) is 0. The van der Waals surface area contributed by atoms with E-state index in [9.17, 15) is 0 Å². The van der Waals surface area contributed by atoms with Crippen molar-refractivity contribution >= 4 is 11.8 Å². The molecular weight excluding hydrogens is 192 g/mol. The first-order chi connectivity index (χ1) is 6.86. The molecule has 2 unspecified atom stereocenters. The SMILES string of the molecule is CCC=CCC1OCCC(CCC)S1. The average Bonchev–Trinajstić information content (AvgIpc) is 2.19. The van der Waals surface area contributed by atoms with Gasteiger partial charge in [-0.15, -0.1) is 11.8 Å². The van der Waals surface area contributed by atoms with Crippen LogP contribution in [0.4, 0.5) is 0 Å². The molecule has 0 spiro atoms. The van der Waals surface area contributed by atoms with E-state index in [4.69, 9.17) is 4.74 Å². The molecule has 0 saturated carbocycles. The molecule has 0 bridgehead atoms. The molecule has 1 fully saturated rings. The number of hydrogen-bond acceptors (Lipinski definition) is 2. The van der Waals surface area contributed by atoms with Crippen LogP contribution in [-0.4, -0.2) is 17.3 Å². The highest BCUT2D eigenvalue weighted by Gasteiger charge is 2.21. The Morgan fingerprint density at radius 2 is 2.21 bits per heavy atom. The topological polar surface area (TPSA) is 9.23 Å². The Morgan fingerprint density at radius 3 is 2.93 bits per heavy atom. The average molecular weight is 214 g/mol. The second-order valence-corrected chi connectivity index (χ2v) is 5.22. The molecule has 1 aliphatic rings. The minimum atomic E-state index is 0.420. The third-order valence-electron chi connectivity index (χ3n) is 2.43. The van der Waals surface area contributed by atoms with Crippen LogP contribution in [0.25, 0.3) is 0 Å². The molecule has 1 aliphatic heterocycles. The van der Waals surface area contributed by atoms with Crippen LogP contribution in [0.1, 0.15) is 46.0 Å². The number of ether oxygens (including phenoxy) is 1. The first-order valence-electron chi connectivity index (χ1n) is 5.78. The van der Waals surface area contributed by atoms with Crippen molar-refractivity contribution in [3.63, 3.8) is 0 Å². The highest BCUT2D eigenvalue weighted by Crippen LogP contribution is 2.31. The zero-order chi connectivity index (χ0) is 10.2. The van der Waals surface area contributed by atoms with Gasteiger partial charge >= 0.3 is 0 Å². The van der Waals surface area contributed by atoms with E-state index in [0.29, 0.717) is 5.44 Å². The molecule has 2 heteroatoms. The first-order valence-corrected chi connectivity index (χ1v) is 6.73. The number of rotatable bonds is 5. The van der Waals surface area contributed by atoms with E-state index in [0.717, 1.165) is 24.7 Å². The lowest BCUT2D eigenvalue weighted by molar-refractivity contribution is 0.101. The summed E-state index contributed by atoms with van der Waals surface area (Å²) in [5.74, 6) is 0. The zero-order valence-electron chi connectivity index (χ0n) is 9.37. The van der Waals surface area contributed by atoms with Gasteiger partial charge in [0.15, 0.2) is 0 Å². The maximum Gasteiger partial charge on any atom is 0.106 e. The highest BCUT2D eigenvalue weighted by atomic mass is 32.2. The lowest BCUT2D eigenvalue weighted by Crippen LogP contribution is -2.22. The van der Waals surface area contributed by atoms with Gasteiger partial charge in [-0.1, -0.05) is 32.4 Å². The Balaban J connectivity index is 2.21. The van der Waals surface area contributed by atoms with Crippen molar-refractivity contribution in [2.24, 2.45) is 0 Å². The van der Waals surface area contributed by atoms with Gasteiger partial charge in [-0.2, -0.15) is 0 Å². The van der Waals surface area contributed by atoms with Gasteiger partial charge in [-0.05, 0) is 19.3 Å². The van der Waals surface area contributed by atoms with Crippen molar-refractivity contribution in [3.05, 3.63) is 12.2 Å². The third kappa shape index (κ3) is 4.52. The summed E-state index contributed by atoms with van der Waals surface area (Å²) < 4.78 is 5.71. The third-order valence-corrected chi connectivity index (χ3v) is 3.92. The molecule has 0 aromatic carbocycles. The van der Waals surface area contributed by atoms with E-state index >= 15 is 0 Å². The summed E-state index contributed by atoms with van der Waals surface area (Å²) in [7, 11) is 0. The smallest absolute Gasteiger partial charge is 0.106 e. The van der Waals surface area contributed by atoms with Crippen LogP contribution in [-0.2, 0) is 4.74 Å². The molecule has 0 N–H and O–H groups in total. The normalized spacial score (nSPS) is 28.4. The molecule has 1 saturated heterocycles. The molecule has 0 aromatic rings. The van der Waals surface area contributed by atoms with Crippen molar-refractivity contribution in [2.45, 2.75) is 56.6 Å². The van der Waals surface area contributed by atoms with E-state index in [2.05, 4.69) is 26.0 Å². The number of thioether (sulfide) groups is 1. The summed E-state index contributed by atoms with van der Waals surface area (Å²) in [4.78, 5) is 0. The molecule has 1 nitrogen and oxygen atoms in total. The van der Waals surface area contributed by atoms with E-state index in [1.165, 1.54) is 19.3 Å². The standard InChI is InChI=1S/C12H22OS/c1-3-5-6-8-12-13-10-9-11(14-12)7-4-2/h5-6,11-12H,3-4,7-10H2,1-2H3. The van der Waals surface area contributed by atoms with Crippen molar-refractivity contribution < 1.29 is 4.74 Å². The minimum Gasteiger partial charge on any atom is -0.367 e. The predicted octanol–water partition coefficient (Wildman–Crippen LogP) is 3.99. The molecule has 0 aromatic heterocycles. The van der Waals surface area contributed by atoms with Gasteiger partial charge in [0.25, 0.3) is 0 Å². The van der Waals surface area contributed by atoms with Crippen molar-refractivity contribution in [1.29, 1.82) is 0 Å². The van der Waals surface area contributed by atoms with Crippen LogP contribution in [0.2, 0.25) is 0 Å². The molecule has 0 aliphatic carbocycles. The molecule has 2 atom stereocenters. The summed E-state index contributed by atoms with van der Waals surface area (Å²) in [5.41, 5.74) is 0.420. The van der Waals surface area contributed by atoms with E-state index in [1.807, 2.05) is 11.8 Å². The Labute approximate surface area is 92.3 Å². The Bertz CT molecular complexity index is 166. The van der Waals surface area contributed by atoms with Crippen molar-refractivity contribution in [3.8, 4) is 0 Å². The summed E-state index contributed by atoms with van der Waals surface area (Å²) in [6.07, 6.45) is 10.6. The van der Waals surface area contributed by atoms with Crippen molar-refractivity contribution in [2.75, 3.05) is 6.61 Å². The van der Waals surface area contributed by atoms with Gasteiger partial charge in [-0.25, -0.2) is 0 Å². The maximum atomic E-state index is 5.71. The van der Waals surface area contributed by atoms with Crippen LogP contribution in [0.15, 0.2) is 12.2 Å². The van der Waals surface area contributed by atoms with Crippen LogP contribution in [0.3, 0.4) is 0 Å². The summed E-state index contributed by atoms with van der Waals surface area (Å²) in [6.45, 7) is 5.40. The van der Waals surface area contributed by atoms with Gasteiger partial charge in [0.05, 0.1) is 0 Å². The largest absolute Gasteiger partial charge is 0.367 e. The van der Waals surface area contributed by atoms with Crippen molar-refractivity contribution in [1.82, 2.24) is 0 Å². The number of hydrogen-bond donors (Lipinski definition) is 0. The van der Waals surface area contributed by atoms with E-state index < -0.39 is 0 Å². The van der Waals surface area contributed by atoms with Crippen LogP contribution < -0.4 is 0 Å². The van der Waals surface area contributed by atoms with E-state index in [1.54, 1.807) is 0 Å². The minimum absolute atomic E-state index is 0.420. The molecular formula is C12H22OS. The van der Waals surface area contributed by atoms with Gasteiger partial charge in [0.2, 0.25) is 0 Å². The van der Waals surface area contributed by atoms with Gasteiger partial charge in [0, 0.05) is 18.3 Å². The summed E-state index contributed by atoms with van der Waals surface area (Å²) in [5, 5.41) is 0.841. The molecule has 1 heterocycles. The number of allylic oxidation sites excluding steroid dienone is 1. The molecule has 82 valence electrons. The maximum absolute atomic E-state index is 5.71. The predicted molar refractivity (Wildman–Crippen MR) is 64.7 cm³/mol. The molecule has 0 radical (unpaired) electrons. The lowest BCUT2D eigenvalue weighted by atomic mass is 10.2. The second-order valence-electron chi connectivity index (χ2n) is 3.75. The first kappa shape index (κ1) is 12.1. The summed E-state index contributed by atoms with van der Waals surface area (Å²) >= 11 is 2.03. The Kier molecular flexibility index (Phi) is 6.37. The van der Waals surface area contributed by atoms with Crippen LogP contribution in [0, 0.1) is 0 Å². The fraction of sp³-hybridized carbons (Fsp3) is 0.833. The molecule has 1 rings (SSSR count).